The molecule has 2 N–H and O–H groups in total. The molecule has 0 saturated heterocycles. The van der Waals surface area contributed by atoms with Crippen LogP contribution in [0.3, 0.4) is 0 Å². The number of amides is 1. The smallest absolute Gasteiger partial charge is 0.307 e. The summed E-state index contributed by atoms with van der Waals surface area (Å²) < 4.78 is 40.0. The van der Waals surface area contributed by atoms with Gasteiger partial charge in [-0.2, -0.15) is 0 Å². The first-order valence-corrected chi connectivity index (χ1v) is 10.8. The second kappa shape index (κ2) is 8.82. The van der Waals surface area contributed by atoms with Crippen LogP contribution in [-0.2, 0) is 25.8 Å². The van der Waals surface area contributed by atoms with Gasteiger partial charge in [-0.3, -0.25) is 9.59 Å². The van der Waals surface area contributed by atoms with Crippen LogP contribution < -0.4 is 5.32 Å². The zero-order valence-corrected chi connectivity index (χ0v) is 16.4. The van der Waals surface area contributed by atoms with Crippen molar-refractivity contribution in [3.63, 3.8) is 0 Å². The van der Waals surface area contributed by atoms with Crippen LogP contribution in [-0.4, -0.2) is 35.9 Å². The molecule has 0 radical (unpaired) electrons. The van der Waals surface area contributed by atoms with Crippen LogP contribution in [0.4, 0.5) is 10.1 Å². The quantitative estimate of drug-likeness (QED) is 0.733. The third-order valence-electron chi connectivity index (χ3n) is 4.90. The highest BCUT2D eigenvalue weighted by Gasteiger charge is 2.41. The van der Waals surface area contributed by atoms with E-state index < -0.39 is 50.4 Å². The maximum absolute atomic E-state index is 14.0. The van der Waals surface area contributed by atoms with E-state index in [9.17, 15) is 22.4 Å². The van der Waals surface area contributed by atoms with Crippen LogP contribution in [0.5, 0.6) is 0 Å². The van der Waals surface area contributed by atoms with E-state index in [4.69, 9.17) is 5.11 Å². The summed E-state index contributed by atoms with van der Waals surface area (Å²) in [7, 11) is -3.66. The summed E-state index contributed by atoms with van der Waals surface area (Å²) in [5.74, 6) is -3.02. The second-order valence-electron chi connectivity index (χ2n) is 7.38. The first-order chi connectivity index (χ1) is 12.6. The summed E-state index contributed by atoms with van der Waals surface area (Å²) in [4.78, 5) is 23.4. The van der Waals surface area contributed by atoms with Gasteiger partial charge in [0.05, 0.1) is 11.7 Å². The lowest BCUT2D eigenvalue weighted by molar-refractivity contribution is -0.136. The van der Waals surface area contributed by atoms with Gasteiger partial charge in [-0.1, -0.05) is 39.2 Å². The maximum atomic E-state index is 14.0. The highest BCUT2D eigenvalue weighted by molar-refractivity contribution is 7.93. The Morgan fingerprint density at radius 3 is 2.37 bits per heavy atom. The molecular formula is C19H26FNO5S. The molecule has 0 aliphatic heterocycles. The second-order valence-corrected chi connectivity index (χ2v) is 9.73. The maximum Gasteiger partial charge on any atom is 0.307 e. The van der Waals surface area contributed by atoms with E-state index in [-0.39, 0.29) is 11.3 Å². The van der Waals surface area contributed by atoms with Crippen molar-refractivity contribution in [3.05, 3.63) is 29.6 Å². The minimum absolute atomic E-state index is 0.00395. The van der Waals surface area contributed by atoms with Crippen molar-refractivity contribution in [2.24, 2.45) is 5.92 Å². The Balaban J connectivity index is 2.20. The number of sulfone groups is 1. The molecule has 1 saturated carbocycles. The molecule has 8 heteroatoms. The number of halogens is 1. The van der Waals surface area contributed by atoms with Crippen molar-refractivity contribution in [1.82, 2.24) is 0 Å². The van der Waals surface area contributed by atoms with E-state index in [1.165, 1.54) is 12.1 Å². The molecule has 6 nitrogen and oxygen atoms in total. The average Bonchev–Trinajstić information content (AvgIpc) is 2.57. The SMILES string of the molecule is CC(C)C(C(=O)Nc1ccc(CC(=O)O)c(F)c1)S(=O)(=O)C1CCCCC1. The lowest BCUT2D eigenvalue weighted by Gasteiger charge is -2.28. The van der Waals surface area contributed by atoms with Crippen LogP contribution >= 0.6 is 0 Å². The molecule has 1 amide bonds. The standard InChI is InChI=1S/C19H26FNO5S/c1-12(2)18(27(25,26)15-6-4-3-5-7-15)19(24)21-14-9-8-13(10-17(22)23)16(20)11-14/h8-9,11-12,15,18H,3-7,10H2,1-2H3,(H,21,24)(H,22,23). The van der Waals surface area contributed by atoms with E-state index in [0.29, 0.717) is 12.8 Å². The fraction of sp³-hybridized carbons (Fsp3) is 0.579. The monoisotopic (exact) mass is 399 g/mol. The number of hydrogen-bond acceptors (Lipinski definition) is 4. The molecule has 1 aliphatic rings. The minimum Gasteiger partial charge on any atom is -0.481 e. The zero-order chi connectivity index (χ0) is 20.2. The van der Waals surface area contributed by atoms with Gasteiger partial charge in [0.25, 0.3) is 0 Å². The van der Waals surface area contributed by atoms with Gasteiger partial charge < -0.3 is 10.4 Å². The molecule has 1 aromatic carbocycles. The Kier molecular flexibility index (Phi) is 6.97. The van der Waals surface area contributed by atoms with E-state index in [2.05, 4.69) is 5.32 Å². The van der Waals surface area contributed by atoms with Crippen LogP contribution in [0, 0.1) is 11.7 Å². The number of carbonyl (C=O) groups is 2. The normalized spacial score (nSPS) is 16.9. The zero-order valence-electron chi connectivity index (χ0n) is 15.6. The molecule has 0 aromatic heterocycles. The number of carbonyl (C=O) groups excluding carboxylic acids is 1. The predicted molar refractivity (Wildman–Crippen MR) is 101 cm³/mol. The largest absolute Gasteiger partial charge is 0.481 e. The predicted octanol–water partition coefficient (Wildman–Crippen LogP) is 3.16. The molecule has 1 aliphatic carbocycles. The summed E-state index contributed by atoms with van der Waals surface area (Å²) in [6, 6.07) is 3.67. The topological polar surface area (TPSA) is 101 Å². The number of carboxylic acid groups (broad SMARTS) is 1. The van der Waals surface area contributed by atoms with Gasteiger partial charge in [0.15, 0.2) is 9.84 Å². The van der Waals surface area contributed by atoms with Gasteiger partial charge in [-0.15, -0.1) is 0 Å². The number of rotatable bonds is 7. The summed E-state index contributed by atoms with van der Waals surface area (Å²) in [5, 5.41) is 9.51. The fourth-order valence-electron chi connectivity index (χ4n) is 3.58. The van der Waals surface area contributed by atoms with Crippen molar-refractivity contribution < 1.29 is 27.5 Å². The Bertz CT molecular complexity index is 800. The molecule has 27 heavy (non-hydrogen) atoms. The lowest BCUT2D eigenvalue weighted by Crippen LogP contribution is -2.44. The van der Waals surface area contributed by atoms with E-state index in [1.807, 2.05) is 0 Å². The molecule has 0 spiro atoms. The molecule has 0 bridgehead atoms. The van der Waals surface area contributed by atoms with Crippen LogP contribution in [0.15, 0.2) is 18.2 Å². The van der Waals surface area contributed by atoms with Gasteiger partial charge in [0, 0.05) is 5.69 Å². The summed E-state index contributed by atoms with van der Waals surface area (Å²) in [5.41, 5.74) is 0.104. The fourth-order valence-corrected chi connectivity index (χ4v) is 6.10. The Hall–Kier alpha value is -1.96. The average molecular weight is 399 g/mol. The molecule has 150 valence electrons. The summed E-state index contributed by atoms with van der Waals surface area (Å²) in [6.07, 6.45) is 3.35. The molecule has 0 heterocycles. The molecule has 1 unspecified atom stereocenters. The number of anilines is 1. The van der Waals surface area contributed by atoms with Crippen molar-refractivity contribution in [1.29, 1.82) is 0 Å². The third-order valence-corrected chi connectivity index (χ3v) is 7.76. The lowest BCUT2D eigenvalue weighted by atomic mass is 10.0. The van der Waals surface area contributed by atoms with Crippen LogP contribution in [0.25, 0.3) is 0 Å². The van der Waals surface area contributed by atoms with Gasteiger partial charge in [-0.05, 0) is 36.5 Å². The summed E-state index contributed by atoms with van der Waals surface area (Å²) in [6.45, 7) is 3.36. The van der Waals surface area contributed by atoms with E-state index in [0.717, 1.165) is 25.3 Å². The van der Waals surface area contributed by atoms with Crippen molar-refractivity contribution >= 4 is 27.4 Å². The minimum atomic E-state index is -3.66. The first-order valence-electron chi connectivity index (χ1n) is 9.16. The molecular weight excluding hydrogens is 373 g/mol. The van der Waals surface area contributed by atoms with Gasteiger partial charge in [0.1, 0.15) is 11.1 Å². The first kappa shape index (κ1) is 21.3. The number of nitrogens with one attached hydrogen (secondary N) is 1. The molecule has 1 aromatic rings. The van der Waals surface area contributed by atoms with Gasteiger partial charge in [-0.25, -0.2) is 12.8 Å². The van der Waals surface area contributed by atoms with Crippen LogP contribution in [0.1, 0.15) is 51.5 Å². The van der Waals surface area contributed by atoms with Crippen molar-refractivity contribution in [2.45, 2.75) is 62.9 Å². The Labute approximate surface area is 159 Å². The highest BCUT2D eigenvalue weighted by atomic mass is 32.2. The van der Waals surface area contributed by atoms with Gasteiger partial charge >= 0.3 is 5.97 Å². The number of carboxylic acids is 1. The summed E-state index contributed by atoms with van der Waals surface area (Å²) >= 11 is 0. The van der Waals surface area contributed by atoms with E-state index >= 15 is 0 Å². The Morgan fingerprint density at radius 1 is 1.22 bits per heavy atom. The third kappa shape index (κ3) is 5.28. The number of hydrogen-bond donors (Lipinski definition) is 2. The van der Waals surface area contributed by atoms with Crippen molar-refractivity contribution in [3.8, 4) is 0 Å². The Morgan fingerprint density at radius 2 is 1.85 bits per heavy atom. The van der Waals surface area contributed by atoms with Crippen LogP contribution in [0.2, 0.25) is 0 Å². The highest BCUT2D eigenvalue weighted by Crippen LogP contribution is 2.29. The molecule has 2 rings (SSSR count). The number of benzene rings is 1. The molecule has 1 atom stereocenters. The van der Waals surface area contributed by atoms with Crippen molar-refractivity contribution in [2.75, 3.05) is 5.32 Å². The van der Waals surface area contributed by atoms with Gasteiger partial charge in [0.2, 0.25) is 5.91 Å². The van der Waals surface area contributed by atoms with E-state index in [1.54, 1.807) is 13.8 Å². The molecule has 1 fully saturated rings. The number of aliphatic carboxylic acids is 1.